The van der Waals surface area contributed by atoms with Gasteiger partial charge < -0.3 is 0 Å². The molecule has 0 unspecified atom stereocenters. The Bertz CT molecular complexity index is 1910. The SMILES string of the molecule is COc1ccc(C2(c3ccc(OC)cc3)C[P-]34(O2)(OC(C(F)(F)F)(C(F)(F)F)c2ccccc23)OC(C(F)(F)F)(C(F)(F)F)c2ccccc24)cc1. The van der Waals surface area contributed by atoms with Crippen molar-refractivity contribution in [2.45, 2.75) is 41.5 Å². The van der Waals surface area contributed by atoms with Gasteiger partial charge in [-0.15, -0.1) is 0 Å². The summed E-state index contributed by atoms with van der Waals surface area (Å²) in [6.07, 6.45) is -27.8. The monoisotopic (exact) mass is 771 g/mol. The third kappa shape index (κ3) is 3.92. The molecule has 0 bridgehead atoms. The van der Waals surface area contributed by atoms with Crippen LogP contribution in [0.5, 0.6) is 11.5 Å². The fourth-order valence-corrected chi connectivity index (χ4v) is 16.5. The molecule has 0 aromatic heterocycles. The van der Waals surface area contributed by atoms with Gasteiger partial charge in [0, 0.05) is 0 Å². The number of alkyl halides is 12. The molecule has 0 aliphatic carbocycles. The first-order valence-corrected chi connectivity index (χ1v) is 17.7. The average Bonchev–Trinajstić information content (AvgIpc) is 3.49. The molecule has 0 amide bonds. The number of hydrogen-bond acceptors (Lipinski definition) is 5. The molecule has 18 heteroatoms. The molecule has 4 aromatic rings. The molecule has 1 saturated heterocycles. The van der Waals surface area contributed by atoms with Crippen molar-refractivity contribution in [2.24, 2.45) is 0 Å². The Morgan fingerprint density at radius 1 is 0.481 bits per heavy atom. The van der Waals surface area contributed by atoms with Crippen LogP contribution in [0.4, 0.5) is 52.7 Å². The van der Waals surface area contributed by atoms with Gasteiger partial charge in [-0.1, -0.05) is 0 Å². The van der Waals surface area contributed by atoms with Crippen molar-refractivity contribution < 1.29 is 75.7 Å². The van der Waals surface area contributed by atoms with E-state index in [1.807, 2.05) is 0 Å². The Labute approximate surface area is 285 Å². The molecular formula is C34H24F12O5P-. The second kappa shape index (κ2) is 10.1. The van der Waals surface area contributed by atoms with E-state index < -0.39 is 76.0 Å². The molecule has 280 valence electrons. The Morgan fingerprint density at radius 3 is 1.08 bits per heavy atom. The van der Waals surface area contributed by atoms with E-state index in [0.717, 1.165) is 12.1 Å². The number of hydrogen-bond donors (Lipinski definition) is 0. The minimum atomic E-state index is -8.26. The summed E-state index contributed by atoms with van der Waals surface area (Å²) in [6.45, 7) is -8.26. The zero-order chi connectivity index (χ0) is 38.1. The van der Waals surface area contributed by atoms with Crippen LogP contribution in [0.1, 0.15) is 22.3 Å². The van der Waals surface area contributed by atoms with E-state index in [1.165, 1.54) is 62.8 Å². The molecule has 5 nitrogen and oxygen atoms in total. The molecule has 52 heavy (non-hydrogen) atoms. The van der Waals surface area contributed by atoms with Gasteiger partial charge in [0.1, 0.15) is 0 Å². The summed E-state index contributed by atoms with van der Waals surface area (Å²) in [6, 6.07) is 15.0. The van der Waals surface area contributed by atoms with Crippen LogP contribution < -0.4 is 20.1 Å². The Morgan fingerprint density at radius 2 is 0.788 bits per heavy atom. The summed E-state index contributed by atoms with van der Waals surface area (Å²) in [5, 5.41) is -2.77. The predicted molar refractivity (Wildman–Crippen MR) is 162 cm³/mol. The summed E-state index contributed by atoms with van der Waals surface area (Å²) in [7, 11) is 2.55. The summed E-state index contributed by atoms with van der Waals surface area (Å²) in [5.41, 5.74) is -17.4. The van der Waals surface area contributed by atoms with Crippen LogP contribution in [0.3, 0.4) is 0 Å². The molecule has 7 rings (SSSR count). The van der Waals surface area contributed by atoms with Crippen LogP contribution >= 0.6 is 6.63 Å². The van der Waals surface area contributed by atoms with Gasteiger partial charge in [0.15, 0.2) is 0 Å². The van der Waals surface area contributed by atoms with Crippen molar-refractivity contribution in [2.75, 3.05) is 20.4 Å². The molecule has 0 atom stereocenters. The quantitative estimate of drug-likeness (QED) is 0.153. The van der Waals surface area contributed by atoms with Crippen LogP contribution in [0.2, 0.25) is 0 Å². The number of benzene rings is 4. The van der Waals surface area contributed by atoms with Crippen molar-refractivity contribution in [1.82, 2.24) is 0 Å². The third-order valence-corrected chi connectivity index (χ3v) is 16.7. The van der Waals surface area contributed by atoms with E-state index >= 15 is 52.7 Å². The van der Waals surface area contributed by atoms with Gasteiger partial charge >= 0.3 is 286 Å². The van der Waals surface area contributed by atoms with Crippen molar-refractivity contribution in [3.05, 3.63) is 119 Å². The summed E-state index contributed by atoms with van der Waals surface area (Å²) in [5.74, 6) is 0.387. The third-order valence-electron chi connectivity index (χ3n) is 10.1. The maximum atomic E-state index is 15.4. The van der Waals surface area contributed by atoms with Crippen LogP contribution in [0.15, 0.2) is 97.1 Å². The van der Waals surface area contributed by atoms with Gasteiger partial charge in [0.25, 0.3) is 0 Å². The molecular weight excluding hydrogens is 747 g/mol. The number of methoxy groups -OCH3 is 2. The normalized spacial score (nSPS) is 23.0. The number of halogens is 12. The van der Waals surface area contributed by atoms with E-state index in [9.17, 15) is 0 Å². The molecule has 1 fully saturated rings. The molecule has 3 aliphatic rings. The number of fused-ring (bicyclic) bond motifs is 2. The molecule has 0 saturated carbocycles. The van der Waals surface area contributed by atoms with Crippen molar-refractivity contribution in [3.63, 3.8) is 0 Å². The van der Waals surface area contributed by atoms with E-state index in [0.29, 0.717) is 24.3 Å². The zero-order valence-electron chi connectivity index (χ0n) is 26.5. The summed E-state index contributed by atoms with van der Waals surface area (Å²) >= 11 is 0. The molecule has 3 heterocycles. The fourth-order valence-electron chi connectivity index (χ4n) is 8.19. The number of ether oxygens (including phenoxy) is 2. The van der Waals surface area contributed by atoms with Crippen molar-refractivity contribution >= 4 is 17.2 Å². The Hall–Kier alpha value is -4.05. The van der Waals surface area contributed by atoms with Gasteiger partial charge in [0.05, 0.1) is 0 Å². The first kappa shape index (κ1) is 36.3. The van der Waals surface area contributed by atoms with Gasteiger partial charge in [0.2, 0.25) is 0 Å². The van der Waals surface area contributed by atoms with Gasteiger partial charge in [-0.05, 0) is 0 Å². The zero-order valence-corrected chi connectivity index (χ0v) is 27.4. The van der Waals surface area contributed by atoms with Crippen LogP contribution in [0.25, 0.3) is 0 Å². The molecule has 3 aliphatic heterocycles. The Kier molecular flexibility index (Phi) is 7.07. The first-order valence-electron chi connectivity index (χ1n) is 15.1. The second-order valence-electron chi connectivity index (χ2n) is 12.7. The summed E-state index contributed by atoms with van der Waals surface area (Å²) in [4.78, 5) is 0. The van der Waals surface area contributed by atoms with Gasteiger partial charge in [-0.3, -0.25) is 0 Å². The maximum absolute atomic E-state index is 15.4. The van der Waals surface area contributed by atoms with Gasteiger partial charge in [-0.25, -0.2) is 0 Å². The number of rotatable bonds is 4. The molecule has 4 aromatic carbocycles. The van der Waals surface area contributed by atoms with Gasteiger partial charge in [-0.2, -0.15) is 0 Å². The van der Waals surface area contributed by atoms with Crippen LogP contribution in [0, 0.1) is 0 Å². The average molecular weight is 772 g/mol. The standard InChI is InChI=1S/C34H24F12O5P/c1-47-22-15-11-20(12-16-22)28(21-13-17-23(48-2)18-14-21)19-52(49-28,26-9-5-3-7-24(26)29(50-52,31(35,36)37)32(38,39)40)27-10-6-4-8-25(27)30(51-52,33(41,42)43)34(44,45)46/h3-18H,19H2,1-2H3/q-1. The van der Waals surface area contributed by atoms with Crippen molar-refractivity contribution in [1.29, 1.82) is 0 Å². The van der Waals surface area contributed by atoms with Crippen LogP contribution in [-0.4, -0.2) is 45.1 Å². The minimum absolute atomic E-state index is 0.111. The topological polar surface area (TPSA) is 46.2 Å². The van der Waals surface area contributed by atoms with E-state index in [4.69, 9.17) is 23.0 Å². The molecule has 1 spiro atoms. The second-order valence-corrected chi connectivity index (χ2v) is 17.7. The predicted octanol–water partition coefficient (Wildman–Crippen LogP) is 9.16. The Balaban J connectivity index is 1.71. The van der Waals surface area contributed by atoms with Crippen LogP contribution in [-0.2, 0) is 30.4 Å². The van der Waals surface area contributed by atoms with Crippen molar-refractivity contribution in [3.8, 4) is 11.5 Å². The summed E-state index contributed by atoms with van der Waals surface area (Å²) < 4.78 is 212. The molecule has 0 N–H and O–H groups in total. The van der Waals surface area contributed by atoms with E-state index in [-0.39, 0.29) is 34.8 Å². The van der Waals surface area contributed by atoms with E-state index in [2.05, 4.69) is 0 Å². The fraction of sp³-hybridized carbons (Fsp3) is 0.294. The van der Waals surface area contributed by atoms with E-state index in [1.54, 1.807) is 0 Å². The molecule has 0 radical (unpaired) electrons. The first-order chi connectivity index (χ1) is 24.0.